The van der Waals surface area contributed by atoms with Crippen molar-refractivity contribution in [2.75, 3.05) is 6.54 Å². The Morgan fingerprint density at radius 3 is 2.86 bits per heavy atom. The summed E-state index contributed by atoms with van der Waals surface area (Å²) in [7, 11) is 0. The fourth-order valence-electron chi connectivity index (χ4n) is 1.48. The van der Waals surface area contributed by atoms with E-state index < -0.39 is 0 Å². The zero-order chi connectivity index (χ0) is 10.1. The van der Waals surface area contributed by atoms with Crippen molar-refractivity contribution in [3.05, 3.63) is 33.8 Å². The van der Waals surface area contributed by atoms with Crippen molar-refractivity contribution in [1.82, 2.24) is 9.40 Å². The van der Waals surface area contributed by atoms with E-state index in [-0.39, 0.29) is 0 Å². The maximum Gasteiger partial charge on any atom is 0.0990 e. The largest absolute Gasteiger partial charge is 0.279 e. The van der Waals surface area contributed by atoms with E-state index in [1.165, 1.54) is 0 Å². The number of nitrogens with zero attached hydrogens (tertiary/aromatic N) is 2. The lowest BCUT2D eigenvalue weighted by atomic mass is 10.1. The highest BCUT2D eigenvalue weighted by molar-refractivity contribution is 7.09. The van der Waals surface area contributed by atoms with Gasteiger partial charge in [-0.3, -0.25) is 4.42 Å². The summed E-state index contributed by atoms with van der Waals surface area (Å²) >= 11 is 7.76. The van der Waals surface area contributed by atoms with Crippen LogP contribution in [0.4, 0.5) is 0 Å². The fraction of sp³-hybridized carbons (Fsp3) is 0.300. The summed E-state index contributed by atoms with van der Waals surface area (Å²) < 4.78 is 1.71. The number of aryl methyl sites for hydroxylation is 1. The molecule has 1 aliphatic heterocycles. The van der Waals surface area contributed by atoms with Crippen LogP contribution in [0.2, 0.25) is 0 Å². The molecule has 2 nitrogen and oxygen atoms in total. The van der Waals surface area contributed by atoms with Crippen LogP contribution in [0, 0.1) is 6.92 Å². The molecule has 0 amide bonds. The molecular formula is C10H11ClN2S. The molecule has 0 aromatic carbocycles. The maximum atomic E-state index is 6.11. The van der Waals surface area contributed by atoms with Crippen molar-refractivity contribution in [3.63, 3.8) is 0 Å². The van der Waals surface area contributed by atoms with Gasteiger partial charge < -0.3 is 0 Å². The lowest BCUT2D eigenvalue weighted by molar-refractivity contribution is 0.688. The van der Waals surface area contributed by atoms with E-state index in [4.69, 9.17) is 11.8 Å². The molecule has 14 heavy (non-hydrogen) atoms. The van der Waals surface area contributed by atoms with E-state index in [1.54, 1.807) is 15.8 Å². The van der Waals surface area contributed by atoms with Crippen LogP contribution < -0.4 is 0 Å². The van der Waals surface area contributed by atoms with E-state index in [1.807, 2.05) is 18.4 Å². The molecule has 0 spiro atoms. The summed E-state index contributed by atoms with van der Waals surface area (Å²) in [4.78, 5) is 4.44. The summed E-state index contributed by atoms with van der Waals surface area (Å²) in [6.07, 6.45) is 4.13. The minimum Gasteiger partial charge on any atom is -0.279 e. The summed E-state index contributed by atoms with van der Waals surface area (Å²) in [6.45, 7) is 4.79. The van der Waals surface area contributed by atoms with Gasteiger partial charge in [0.15, 0.2) is 0 Å². The van der Waals surface area contributed by atoms with Crippen LogP contribution in [-0.4, -0.2) is 15.9 Å². The van der Waals surface area contributed by atoms with Crippen LogP contribution in [0.5, 0.6) is 0 Å². The van der Waals surface area contributed by atoms with E-state index in [2.05, 4.69) is 18.0 Å². The number of allylic oxidation sites excluding steroid dienone is 2. The van der Waals surface area contributed by atoms with Crippen LogP contribution in [0.3, 0.4) is 0 Å². The molecule has 0 saturated heterocycles. The first-order valence-electron chi connectivity index (χ1n) is 4.41. The second-order valence-corrected chi connectivity index (χ2v) is 4.70. The normalized spacial score (nSPS) is 16.6. The average Bonchev–Trinajstić information content (AvgIpc) is 2.51. The van der Waals surface area contributed by atoms with Gasteiger partial charge >= 0.3 is 0 Å². The minimum atomic E-state index is 0.741. The molecular weight excluding hydrogens is 216 g/mol. The molecule has 0 saturated carbocycles. The predicted molar refractivity (Wildman–Crippen MR) is 61.1 cm³/mol. The van der Waals surface area contributed by atoms with Gasteiger partial charge in [0.2, 0.25) is 0 Å². The third-order valence-corrected chi connectivity index (χ3v) is 3.19. The number of rotatable bonds is 1. The molecule has 4 heteroatoms. The van der Waals surface area contributed by atoms with Crippen molar-refractivity contribution < 1.29 is 0 Å². The van der Waals surface area contributed by atoms with Gasteiger partial charge in [-0.1, -0.05) is 12.2 Å². The standard InChI is InChI=1S/C10H11ClN2S/c1-7-4-3-5-13(11)10(7)9-6-14-8(2)12-9/h3-4,6H,5H2,1-2H3. The lowest BCUT2D eigenvalue weighted by Crippen LogP contribution is -2.15. The Labute approximate surface area is 92.6 Å². The Morgan fingerprint density at radius 2 is 2.29 bits per heavy atom. The molecule has 1 aromatic heterocycles. The average molecular weight is 227 g/mol. The second kappa shape index (κ2) is 3.75. The fourth-order valence-corrected chi connectivity index (χ4v) is 2.38. The highest BCUT2D eigenvalue weighted by Gasteiger charge is 2.16. The molecule has 74 valence electrons. The maximum absolute atomic E-state index is 6.11. The van der Waals surface area contributed by atoms with Gasteiger partial charge in [0.05, 0.1) is 22.9 Å². The number of hydrogen-bond donors (Lipinski definition) is 0. The molecule has 2 rings (SSSR count). The van der Waals surface area contributed by atoms with Crippen molar-refractivity contribution in [2.45, 2.75) is 13.8 Å². The van der Waals surface area contributed by atoms with Gasteiger partial charge in [-0.25, -0.2) is 4.98 Å². The lowest BCUT2D eigenvalue weighted by Gasteiger charge is -2.21. The SMILES string of the molecule is CC1=C(c2csc(C)n2)N(Cl)CC=C1. The quantitative estimate of drug-likeness (QED) is 0.684. The van der Waals surface area contributed by atoms with Crippen LogP contribution >= 0.6 is 23.1 Å². The topological polar surface area (TPSA) is 16.1 Å². The number of thiazole rings is 1. The Kier molecular flexibility index (Phi) is 2.61. The van der Waals surface area contributed by atoms with Crippen LogP contribution in [-0.2, 0) is 0 Å². The summed E-state index contributed by atoms with van der Waals surface area (Å²) in [6, 6.07) is 0. The van der Waals surface area contributed by atoms with Crippen molar-refractivity contribution in [1.29, 1.82) is 0 Å². The van der Waals surface area contributed by atoms with E-state index in [0.29, 0.717) is 0 Å². The molecule has 1 aromatic rings. The Balaban J connectivity index is 2.45. The molecule has 2 heterocycles. The van der Waals surface area contributed by atoms with Crippen LogP contribution in [0.15, 0.2) is 23.1 Å². The highest BCUT2D eigenvalue weighted by atomic mass is 35.5. The molecule has 0 aliphatic carbocycles. The first-order valence-corrected chi connectivity index (χ1v) is 5.63. The molecule has 0 atom stereocenters. The zero-order valence-electron chi connectivity index (χ0n) is 8.12. The summed E-state index contributed by atoms with van der Waals surface area (Å²) in [5.41, 5.74) is 3.17. The Bertz CT molecular complexity index is 406. The van der Waals surface area contributed by atoms with E-state index >= 15 is 0 Å². The summed E-state index contributed by atoms with van der Waals surface area (Å²) in [5.74, 6) is 0. The number of halogens is 1. The first-order chi connectivity index (χ1) is 6.68. The van der Waals surface area contributed by atoms with Gasteiger partial charge in [-0.2, -0.15) is 0 Å². The van der Waals surface area contributed by atoms with Crippen molar-refractivity contribution >= 4 is 28.8 Å². The van der Waals surface area contributed by atoms with E-state index in [0.717, 1.165) is 28.5 Å². The Hall–Kier alpha value is -0.800. The van der Waals surface area contributed by atoms with Gasteiger partial charge in [0, 0.05) is 17.2 Å². The predicted octanol–water partition coefficient (Wildman–Crippen LogP) is 3.21. The third-order valence-electron chi connectivity index (χ3n) is 2.11. The molecule has 0 bridgehead atoms. The van der Waals surface area contributed by atoms with E-state index in [9.17, 15) is 0 Å². The molecule has 1 aliphatic rings. The molecule has 0 N–H and O–H groups in total. The van der Waals surface area contributed by atoms with Crippen LogP contribution in [0.1, 0.15) is 17.6 Å². The molecule has 0 radical (unpaired) electrons. The van der Waals surface area contributed by atoms with Crippen LogP contribution in [0.25, 0.3) is 5.70 Å². The van der Waals surface area contributed by atoms with Gasteiger partial charge in [-0.15, -0.1) is 11.3 Å². The Morgan fingerprint density at radius 1 is 1.50 bits per heavy atom. The van der Waals surface area contributed by atoms with Crippen molar-refractivity contribution in [3.8, 4) is 0 Å². The minimum absolute atomic E-state index is 0.741. The number of aromatic nitrogens is 1. The smallest absolute Gasteiger partial charge is 0.0990 e. The highest BCUT2D eigenvalue weighted by Crippen LogP contribution is 2.28. The van der Waals surface area contributed by atoms with Gasteiger partial charge in [-0.05, 0) is 19.4 Å². The number of hydrogen-bond acceptors (Lipinski definition) is 3. The first kappa shape index (κ1) is 9.74. The second-order valence-electron chi connectivity index (χ2n) is 3.23. The third kappa shape index (κ3) is 1.70. The monoisotopic (exact) mass is 226 g/mol. The van der Waals surface area contributed by atoms with Gasteiger partial charge in [0.1, 0.15) is 0 Å². The molecule has 0 unspecified atom stereocenters. The van der Waals surface area contributed by atoms with Crippen molar-refractivity contribution in [2.24, 2.45) is 0 Å². The zero-order valence-corrected chi connectivity index (χ0v) is 9.69. The molecule has 0 fully saturated rings. The summed E-state index contributed by atoms with van der Waals surface area (Å²) in [5, 5.41) is 3.11. The van der Waals surface area contributed by atoms with Gasteiger partial charge in [0.25, 0.3) is 0 Å².